The molecule has 1 unspecified atom stereocenters. The summed E-state index contributed by atoms with van der Waals surface area (Å²) in [6, 6.07) is -1.17. The third-order valence-corrected chi connectivity index (χ3v) is 5.40. The van der Waals surface area contributed by atoms with Crippen LogP contribution in [-0.4, -0.2) is 73.1 Å². The number of thioether (sulfide) groups is 1. The Labute approximate surface area is 123 Å². The number of carbonyl (C=O) groups is 2. The summed E-state index contributed by atoms with van der Waals surface area (Å²) in [6.45, 7) is 0.553. The molecule has 116 valence electrons. The molecule has 0 spiro atoms. The van der Waals surface area contributed by atoms with Crippen LogP contribution < -0.4 is 5.32 Å². The molecule has 1 rings (SSSR count). The summed E-state index contributed by atoms with van der Waals surface area (Å²) in [5.74, 6) is -0.571. The average Bonchev–Trinajstić information content (AvgIpc) is 2.32. The van der Waals surface area contributed by atoms with E-state index in [-0.39, 0.29) is 30.5 Å². The van der Waals surface area contributed by atoms with Crippen molar-refractivity contribution in [3.63, 3.8) is 0 Å². The molecule has 1 aliphatic heterocycles. The summed E-state index contributed by atoms with van der Waals surface area (Å²) in [5, 5.41) is 11.5. The molecule has 0 aromatic heterocycles. The van der Waals surface area contributed by atoms with E-state index in [1.54, 1.807) is 11.8 Å². The van der Waals surface area contributed by atoms with Crippen molar-refractivity contribution in [2.24, 2.45) is 0 Å². The molecule has 1 heterocycles. The molecule has 0 bridgehead atoms. The number of urea groups is 1. The van der Waals surface area contributed by atoms with Gasteiger partial charge in [0.05, 0.1) is 24.0 Å². The molecule has 9 heteroatoms. The number of hydrogen-bond acceptors (Lipinski definition) is 5. The summed E-state index contributed by atoms with van der Waals surface area (Å²) >= 11 is 1.68. The van der Waals surface area contributed by atoms with Crippen molar-refractivity contribution in [2.45, 2.75) is 18.9 Å². The van der Waals surface area contributed by atoms with Gasteiger partial charge in [0.15, 0.2) is 9.84 Å². The Kier molecular flexibility index (Phi) is 6.60. The summed E-state index contributed by atoms with van der Waals surface area (Å²) in [4.78, 5) is 24.1. The zero-order valence-electron chi connectivity index (χ0n) is 11.4. The van der Waals surface area contributed by atoms with Gasteiger partial charge < -0.3 is 15.3 Å². The highest BCUT2D eigenvalue weighted by molar-refractivity contribution is 7.98. The van der Waals surface area contributed by atoms with Crippen molar-refractivity contribution in [1.82, 2.24) is 10.2 Å². The minimum Gasteiger partial charge on any atom is -0.481 e. The molecule has 20 heavy (non-hydrogen) atoms. The monoisotopic (exact) mass is 324 g/mol. The quantitative estimate of drug-likeness (QED) is 0.668. The second-order valence-electron chi connectivity index (χ2n) is 4.64. The van der Waals surface area contributed by atoms with Crippen LogP contribution in [0.15, 0.2) is 0 Å². The van der Waals surface area contributed by atoms with E-state index in [4.69, 9.17) is 5.11 Å². The minimum absolute atomic E-state index is 0.0502. The third kappa shape index (κ3) is 5.58. The van der Waals surface area contributed by atoms with Crippen molar-refractivity contribution >= 4 is 33.6 Å². The predicted molar refractivity (Wildman–Crippen MR) is 77.8 cm³/mol. The largest absolute Gasteiger partial charge is 0.481 e. The number of rotatable bonds is 6. The smallest absolute Gasteiger partial charge is 0.317 e. The van der Waals surface area contributed by atoms with Crippen LogP contribution in [0.2, 0.25) is 0 Å². The second kappa shape index (κ2) is 7.72. The van der Waals surface area contributed by atoms with Crippen LogP contribution in [-0.2, 0) is 14.6 Å². The van der Waals surface area contributed by atoms with Crippen LogP contribution in [0.4, 0.5) is 4.79 Å². The number of nitrogens with one attached hydrogen (secondary N) is 1. The van der Waals surface area contributed by atoms with E-state index in [1.165, 1.54) is 4.90 Å². The maximum Gasteiger partial charge on any atom is 0.317 e. The van der Waals surface area contributed by atoms with Gasteiger partial charge in [0.1, 0.15) is 0 Å². The van der Waals surface area contributed by atoms with Crippen molar-refractivity contribution in [1.29, 1.82) is 0 Å². The van der Waals surface area contributed by atoms with Gasteiger partial charge in [-0.05, 0) is 18.4 Å². The van der Waals surface area contributed by atoms with Crippen LogP contribution in [0, 0.1) is 0 Å². The number of carboxylic acid groups (broad SMARTS) is 1. The van der Waals surface area contributed by atoms with E-state index in [0.29, 0.717) is 6.54 Å². The first kappa shape index (κ1) is 17.1. The first-order valence-electron chi connectivity index (χ1n) is 6.31. The van der Waals surface area contributed by atoms with Gasteiger partial charge in [0, 0.05) is 13.1 Å². The van der Waals surface area contributed by atoms with Crippen LogP contribution >= 0.6 is 11.8 Å². The minimum atomic E-state index is -3.26. The molecule has 0 saturated carbocycles. The highest BCUT2D eigenvalue weighted by Gasteiger charge is 2.35. The molecule has 1 atom stereocenters. The van der Waals surface area contributed by atoms with Gasteiger partial charge in [-0.1, -0.05) is 0 Å². The molecule has 2 N–H and O–H groups in total. The van der Waals surface area contributed by atoms with Crippen molar-refractivity contribution in [2.75, 3.05) is 36.6 Å². The average molecular weight is 324 g/mol. The molecule has 1 fully saturated rings. The number of sulfone groups is 1. The summed E-state index contributed by atoms with van der Waals surface area (Å²) in [7, 11) is -3.26. The van der Waals surface area contributed by atoms with E-state index < -0.39 is 21.8 Å². The van der Waals surface area contributed by atoms with Crippen molar-refractivity contribution in [3.8, 4) is 0 Å². The fourth-order valence-corrected chi connectivity index (χ4v) is 4.00. The van der Waals surface area contributed by atoms with E-state index >= 15 is 0 Å². The van der Waals surface area contributed by atoms with Crippen LogP contribution in [0.5, 0.6) is 0 Å². The molecule has 7 nitrogen and oxygen atoms in total. The number of nitrogens with zero attached hydrogens (tertiary/aromatic N) is 1. The van der Waals surface area contributed by atoms with E-state index in [1.807, 2.05) is 6.26 Å². The molecule has 0 radical (unpaired) electrons. The molecular formula is C11H20N2O5S2. The van der Waals surface area contributed by atoms with Crippen molar-refractivity contribution in [3.05, 3.63) is 0 Å². The molecule has 0 aromatic rings. The van der Waals surface area contributed by atoms with Gasteiger partial charge in [-0.2, -0.15) is 11.8 Å². The molecule has 0 aliphatic carbocycles. The fourth-order valence-electron chi connectivity index (χ4n) is 2.04. The van der Waals surface area contributed by atoms with E-state index in [2.05, 4.69) is 5.32 Å². The zero-order valence-corrected chi connectivity index (χ0v) is 13.0. The summed E-state index contributed by atoms with van der Waals surface area (Å²) in [5.41, 5.74) is 0. The Balaban J connectivity index is 2.60. The summed E-state index contributed by atoms with van der Waals surface area (Å²) in [6.07, 6.45) is 2.44. The van der Waals surface area contributed by atoms with Crippen LogP contribution in [0.25, 0.3) is 0 Å². The molecule has 0 aromatic carbocycles. The Morgan fingerprint density at radius 1 is 1.45 bits per heavy atom. The van der Waals surface area contributed by atoms with Crippen LogP contribution in [0.1, 0.15) is 12.8 Å². The first-order valence-corrected chi connectivity index (χ1v) is 9.53. The fraction of sp³-hybridized carbons (Fsp3) is 0.818. The highest BCUT2D eigenvalue weighted by Crippen LogP contribution is 2.15. The van der Waals surface area contributed by atoms with Gasteiger partial charge in [-0.3, -0.25) is 4.79 Å². The van der Waals surface area contributed by atoms with E-state index in [9.17, 15) is 18.0 Å². The standard InChI is InChI=1S/C11H20N2O5S2/c1-19-5-2-3-12-11(16)13-4-6-20(17,18)8-9(13)7-10(14)15/h9H,2-8H2,1H3,(H,12,16)(H,14,15). The number of carbonyl (C=O) groups excluding carboxylic acids is 1. The second-order valence-corrected chi connectivity index (χ2v) is 7.85. The van der Waals surface area contributed by atoms with Gasteiger partial charge >= 0.3 is 12.0 Å². The summed E-state index contributed by atoms with van der Waals surface area (Å²) < 4.78 is 23.1. The zero-order chi connectivity index (χ0) is 15.2. The molecule has 2 amide bonds. The SMILES string of the molecule is CSCCCNC(=O)N1CCS(=O)(=O)CC1CC(=O)O. The highest BCUT2D eigenvalue weighted by atomic mass is 32.2. The maximum atomic E-state index is 12.0. The van der Waals surface area contributed by atoms with Gasteiger partial charge in [0.2, 0.25) is 0 Å². The lowest BCUT2D eigenvalue weighted by Crippen LogP contribution is -2.55. The van der Waals surface area contributed by atoms with Gasteiger partial charge in [-0.15, -0.1) is 0 Å². The lowest BCUT2D eigenvalue weighted by molar-refractivity contribution is -0.138. The van der Waals surface area contributed by atoms with Gasteiger partial charge in [-0.25, -0.2) is 13.2 Å². The number of aliphatic carboxylic acids is 1. The van der Waals surface area contributed by atoms with Crippen LogP contribution in [0.3, 0.4) is 0 Å². The predicted octanol–water partition coefficient (Wildman–Crippen LogP) is 0.0228. The number of amides is 2. The van der Waals surface area contributed by atoms with Crippen molar-refractivity contribution < 1.29 is 23.1 Å². The Morgan fingerprint density at radius 2 is 2.15 bits per heavy atom. The maximum absolute atomic E-state index is 12.0. The molecular weight excluding hydrogens is 304 g/mol. The Hall–Kier alpha value is -0.960. The third-order valence-electron chi connectivity index (χ3n) is 3.00. The lowest BCUT2D eigenvalue weighted by atomic mass is 10.2. The number of carboxylic acids is 1. The molecule has 1 aliphatic rings. The number of hydrogen-bond donors (Lipinski definition) is 2. The first-order chi connectivity index (χ1) is 9.35. The van der Waals surface area contributed by atoms with Gasteiger partial charge in [0.25, 0.3) is 0 Å². The topological polar surface area (TPSA) is 104 Å². The van der Waals surface area contributed by atoms with E-state index in [0.717, 1.165) is 12.2 Å². The molecule has 1 saturated heterocycles. The lowest BCUT2D eigenvalue weighted by Gasteiger charge is -2.34. The Morgan fingerprint density at radius 3 is 2.75 bits per heavy atom. The Bertz CT molecular complexity index is 452. The normalized spacial score (nSPS) is 21.4.